The number of carboxylic acids is 1. The summed E-state index contributed by atoms with van der Waals surface area (Å²) >= 11 is 5.81. The number of hydrogen-bond donors (Lipinski definition) is 3. The third kappa shape index (κ3) is 3.73. The Bertz CT molecular complexity index is 684. The molecule has 2 aromatic rings. The van der Waals surface area contributed by atoms with Crippen LogP contribution in [0.5, 0.6) is 0 Å². The van der Waals surface area contributed by atoms with Crippen molar-refractivity contribution in [1.29, 1.82) is 0 Å². The standard InChI is InChI=1S/C13H13ClN4O3/c1-18-5-4-15-11(18)7-16-13(21)17-10-6-8(14)2-3-9(10)12(19)20/h2-6H,7H2,1H3,(H,19,20)(H2,16,17,21). The van der Waals surface area contributed by atoms with Gasteiger partial charge in [-0.3, -0.25) is 0 Å². The largest absolute Gasteiger partial charge is 0.478 e. The van der Waals surface area contributed by atoms with Gasteiger partial charge in [0.25, 0.3) is 0 Å². The molecule has 0 aliphatic carbocycles. The first-order valence-corrected chi connectivity index (χ1v) is 6.39. The molecule has 21 heavy (non-hydrogen) atoms. The maximum Gasteiger partial charge on any atom is 0.337 e. The number of amides is 2. The molecule has 0 radical (unpaired) electrons. The van der Waals surface area contributed by atoms with Gasteiger partial charge in [-0.1, -0.05) is 11.6 Å². The maximum absolute atomic E-state index is 11.8. The molecule has 0 aliphatic heterocycles. The minimum atomic E-state index is -1.15. The summed E-state index contributed by atoms with van der Waals surface area (Å²) in [5, 5.41) is 14.4. The molecule has 1 aromatic heterocycles. The molecule has 2 rings (SSSR count). The highest BCUT2D eigenvalue weighted by molar-refractivity contribution is 6.31. The smallest absolute Gasteiger partial charge is 0.337 e. The SMILES string of the molecule is Cn1ccnc1CNC(=O)Nc1cc(Cl)ccc1C(=O)O. The van der Waals surface area contributed by atoms with Gasteiger partial charge in [-0.15, -0.1) is 0 Å². The van der Waals surface area contributed by atoms with Gasteiger partial charge in [0.05, 0.1) is 17.8 Å². The van der Waals surface area contributed by atoms with Crippen LogP contribution in [0.25, 0.3) is 0 Å². The van der Waals surface area contributed by atoms with E-state index in [0.29, 0.717) is 10.8 Å². The van der Waals surface area contributed by atoms with E-state index in [0.717, 1.165) is 0 Å². The van der Waals surface area contributed by atoms with Crippen molar-refractivity contribution in [2.45, 2.75) is 6.54 Å². The molecule has 0 saturated carbocycles. The van der Waals surface area contributed by atoms with Crippen LogP contribution in [0.1, 0.15) is 16.2 Å². The third-order valence-corrected chi connectivity index (χ3v) is 3.02. The van der Waals surface area contributed by atoms with Gasteiger partial charge in [0.15, 0.2) is 0 Å². The highest BCUT2D eigenvalue weighted by atomic mass is 35.5. The summed E-state index contributed by atoms with van der Waals surface area (Å²) in [5.41, 5.74) is 0.0962. The lowest BCUT2D eigenvalue weighted by atomic mass is 10.2. The fraction of sp³-hybridized carbons (Fsp3) is 0.154. The Morgan fingerprint density at radius 1 is 1.43 bits per heavy atom. The number of halogens is 1. The first-order chi connectivity index (χ1) is 9.97. The van der Waals surface area contributed by atoms with E-state index in [9.17, 15) is 9.59 Å². The minimum Gasteiger partial charge on any atom is -0.478 e. The van der Waals surface area contributed by atoms with E-state index in [1.54, 1.807) is 24.0 Å². The molecule has 2 amide bonds. The highest BCUT2D eigenvalue weighted by Crippen LogP contribution is 2.21. The number of hydrogen-bond acceptors (Lipinski definition) is 3. The van der Waals surface area contributed by atoms with Crippen molar-refractivity contribution in [3.63, 3.8) is 0 Å². The van der Waals surface area contributed by atoms with E-state index in [1.807, 2.05) is 0 Å². The lowest BCUT2D eigenvalue weighted by molar-refractivity contribution is 0.0698. The van der Waals surface area contributed by atoms with Crippen LogP contribution in [0.3, 0.4) is 0 Å². The fourth-order valence-electron chi connectivity index (χ4n) is 1.70. The number of anilines is 1. The van der Waals surface area contributed by atoms with E-state index < -0.39 is 12.0 Å². The summed E-state index contributed by atoms with van der Waals surface area (Å²) in [4.78, 5) is 26.9. The topological polar surface area (TPSA) is 96.3 Å². The Kier molecular flexibility index (Phi) is 4.44. The van der Waals surface area contributed by atoms with Gasteiger partial charge in [0.1, 0.15) is 5.82 Å². The summed E-state index contributed by atoms with van der Waals surface area (Å²) in [6.07, 6.45) is 3.38. The Morgan fingerprint density at radius 2 is 2.19 bits per heavy atom. The number of nitrogens with zero attached hydrogens (tertiary/aromatic N) is 2. The van der Waals surface area contributed by atoms with Gasteiger partial charge in [-0.2, -0.15) is 0 Å². The van der Waals surface area contributed by atoms with Crippen LogP contribution in [0.2, 0.25) is 5.02 Å². The minimum absolute atomic E-state index is 0.0356. The highest BCUT2D eigenvalue weighted by Gasteiger charge is 2.13. The number of imidazole rings is 1. The summed E-state index contributed by atoms with van der Waals surface area (Å²) in [6, 6.07) is 3.62. The number of aromatic nitrogens is 2. The molecule has 3 N–H and O–H groups in total. The van der Waals surface area contributed by atoms with Crippen molar-refractivity contribution in [2.24, 2.45) is 7.05 Å². The van der Waals surface area contributed by atoms with Crippen LogP contribution in [0, 0.1) is 0 Å². The number of aromatic carboxylic acids is 1. The van der Waals surface area contributed by atoms with E-state index >= 15 is 0 Å². The van der Waals surface area contributed by atoms with Gasteiger partial charge in [0.2, 0.25) is 0 Å². The number of aryl methyl sites for hydroxylation is 1. The van der Waals surface area contributed by atoms with Crippen molar-refractivity contribution >= 4 is 29.3 Å². The van der Waals surface area contributed by atoms with Crippen LogP contribution >= 0.6 is 11.6 Å². The molecule has 1 heterocycles. The Balaban J connectivity index is 2.04. The molecular weight excluding hydrogens is 296 g/mol. The zero-order valence-electron chi connectivity index (χ0n) is 11.1. The second-order valence-electron chi connectivity index (χ2n) is 4.26. The molecular formula is C13H13ClN4O3. The molecule has 1 aromatic carbocycles. The number of benzene rings is 1. The number of carbonyl (C=O) groups is 2. The Hall–Kier alpha value is -2.54. The molecule has 0 saturated heterocycles. The fourth-order valence-corrected chi connectivity index (χ4v) is 1.87. The molecule has 0 atom stereocenters. The third-order valence-electron chi connectivity index (χ3n) is 2.79. The molecule has 0 fully saturated rings. The zero-order chi connectivity index (χ0) is 15.4. The number of urea groups is 1. The molecule has 0 spiro atoms. The Morgan fingerprint density at radius 3 is 2.81 bits per heavy atom. The summed E-state index contributed by atoms with van der Waals surface area (Å²) in [5.74, 6) is -0.472. The normalized spacial score (nSPS) is 10.2. The molecule has 0 bridgehead atoms. The van der Waals surface area contributed by atoms with Crippen LogP contribution in [0.15, 0.2) is 30.6 Å². The molecule has 8 heteroatoms. The van der Waals surface area contributed by atoms with Crippen LogP contribution in [-0.4, -0.2) is 26.7 Å². The Labute approximate surface area is 125 Å². The quantitative estimate of drug-likeness (QED) is 0.805. The number of rotatable bonds is 4. The van der Waals surface area contributed by atoms with Gasteiger partial charge in [-0.25, -0.2) is 14.6 Å². The van der Waals surface area contributed by atoms with Gasteiger partial charge >= 0.3 is 12.0 Å². The van der Waals surface area contributed by atoms with Crippen molar-refractivity contribution in [2.75, 3.05) is 5.32 Å². The van der Waals surface area contributed by atoms with E-state index in [2.05, 4.69) is 15.6 Å². The first kappa shape index (κ1) is 14.9. The maximum atomic E-state index is 11.8. The van der Waals surface area contributed by atoms with Crippen molar-refractivity contribution in [3.05, 3.63) is 47.0 Å². The molecule has 0 unspecified atom stereocenters. The van der Waals surface area contributed by atoms with E-state index in [4.69, 9.17) is 16.7 Å². The molecule has 7 nitrogen and oxygen atoms in total. The van der Waals surface area contributed by atoms with Gasteiger partial charge < -0.3 is 20.3 Å². The lowest BCUT2D eigenvalue weighted by Crippen LogP contribution is -2.29. The predicted octanol–water partition coefficient (Wildman–Crippen LogP) is 2.09. The summed E-state index contributed by atoms with van der Waals surface area (Å²) in [7, 11) is 1.81. The van der Waals surface area contributed by atoms with Crippen LogP contribution < -0.4 is 10.6 Å². The van der Waals surface area contributed by atoms with Gasteiger partial charge in [-0.05, 0) is 18.2 Å². The summed E-state index contributed by atoms with van der Waals surface area (Å²) in [6.45, 7) is 0.221. The predicted molar refractivity (Wildman–Crippen MR) is 77.5 cm³/mol. The lowest BCUT2D eigenvalue weighted by Gasteiger charge is -2.10. The zero-order valence-corrected chi connectivity index (χ0v) is 11.9. The molecule has 110 valence electrons. The van der Waals surface area contributed by atoms with Crippen molar-refractivity contribution < 1.29 is 14.7 Å². The first-order valence-electron chi connectivity index (χ1n) is 6.01. The second-order valence-corrected chi connectivity index (χ2v) is 4.69. The van der Waals surface area contributed by atoms with Crippen LogP contribution in [0.4, 0.5) is 10.5 Å². The second kappa shape index (κ2) is 6.27. The number of nitrogens with one attached hydrogen (secondary N) is 2. The summed E-state index contributed by atoms with van der Waals surface area (Å²) < 4.78 is 1.77. The number of carboxylic acid groups (broad SMARTS) is 1. The van der Waals surface area contributed by atoms with E-state index in [-0.39, 0.29) is 17.8 Å². The van der Waals surface area contributed by atoms with Crippen LogP contribution in [-0.2, 0) is 13.6 Å². The monoisotopic (exact) mass is 308 g/mol. The van der Waals surface area contributed by atoms with Gasteiger partial charge in [0, 0.05) is 24.5 Å². The average molecular weight is 309 g/mol. The number of carbonyl (C=O) groups excluding carboxylic acids is 1. The molecule has 0 aliphatic rings. The van der Waals surface area contributed by atoms with Crippen molar-refractivity contribution in [3.8, 4) is 0 Å². The van der Waals surface area contributed by atoms with Crippen molar-refractivity contribution in [1.82, 2.24) is 14.9 Å². The van der Waals surface area contributed by atoms with E-state index in [1.165, 1.54) is 18.2 Å². The average Bonchev–Trinajstić information content (AvgIpc) is 2.81.